The Kier molecular flexibility index (Phi) is 9.62. The first kappa shape index (κ1) is 32.5. The lowest BCUT2D eigenvalue weighted by Gasteiger charge is -2.45. The molecule has 1 aromatic heterocycles. The van der Waals surface area contributed by atoms with Crippen molar-refractivity contribution in [2.24, 2.45) is 4.99 Å². The number of amides is 2. The number of hydrogen-bond acceptors (Lipinski definition) is 10. The molecule has 2 atom stereocenters. The molecule has 3 aromatic rings. The van der Waals surface area contributed by atoms with E-state index in [1.807, 2.05) is 59.7 Å². The van der Waals surface area contributed by atoms with Crippen molar-refractivity contribution < 1.29 is 23.8 Å². The normalized spacial score (nSPS) is 17.3. The van der Waals surface area contributed by atoms with Gasteiger partial charge in [-0.1, -0.05) is 0 Å². The van der Waals surface area contributed by atoms with Crippen molar-refractivity contribution in [3.63, 3.8) is 0 Å². The van der Waals surface area contributed by atoms with Crippen LogP contribution in [0.3, 0.4) is 0 Å². The van der Waals surface area contributed by atoms with Gasteiger partial charge in [0.05, 0.1) is 23.2 Å². The number of nitrogen functional groups attached to an aromatic ring is 1. The van der Waals surface area contributed by atoms with Crippen LogP contribution in [0.1, 0.15) is 56.2 Å². The highest BCUT2D eigenvalue weighted by molar-refractivity contribution is 6.06. The molecule has 0 unspecified atom stereocenters. The lowest BCUT2D eigenvalue weighted by atomic mass is 10.0. The smallest absolute Gasteiger partial charge is 0.410 e. The van der Waals surface area contributed by atoms with E-state index in [-0.39, 0.29) is 36.6 Å². The molecule has 0 aliphatic carbocycles. The van der Waals surface area contributed by atoms with Gasteiger partial charge in [-0.05, 0) is 65.8 Å². The molecule has 3 N–H and O–H groups in total. The number of hydrogen-bond donors (Lipinski definition) is 2. The molecule has 2 aromatic carbocycles. The van der Waals surface area contributed by atoms with Gasteiger partial charge in [-0.25, -0.2) is 14.8 Å². The summed E-state index contributed by atoms with van der Waals surface area (Å²) in [6.45, 7) is 12.6. The van der Waals surface area contributed by atoms with E-state index in [4.69, 9.17) is 29.9 Å². The van der Waals surface area contributed by atoms with Crippen molar-refractivity contribution in [3.8, 4) is 17.1 Å². The number of fused-ring (bicyclic) bond motifs is 1. The number of carbonyl (C=O) groups is 2. The van der Waals surface area contributed by atoms with Crippen LogP contribution in [0.5, 0.6) is 5.75 Å². The summed E-state index contributed by atoms with van der Waals surface area (Å²) in [6.07, 6.45) is 1.34. The molecule has 0 bridgehead atoms. The lowest BCUT2D eigenvalue weighted by molar-refractivity contribution is 0.00564. The third kappa shape index (κ3) is 6.70. The van der Waals surface area contributed by atoms with Crippen LogP contribution in [0, 0.1) is 6.92 Å². The fourth-order valence-electron chi connectivity index (χ4n) is 5.49. The Morgan fingerprint density at radius 2 is 1.84 bits per heavy atom. The van der Waals surface area contributed by atoms with E-state index in [9.17, 15) is 9.59 Å². The molecular formula is C32H43N7O5. The first-order chi connectivity index (χ1) is 20.8. The minimum Gasteiger partial charge on any atom is -0.466 e. The van der Waals surface area contributed by atoms with Crippen LogP contribution < -0.4 is 20.7 Å². The monoisotopic (exact) mass is 605 g/mol. The molecule has 1 aliphatic heterocycles. The van der Waals surface area contributed by atoms with Crippen LogP contribution in [0.2, 0.25) is 0 Å². The number of piperazine rings is 1. The van der Waals surface area contributed by atoms with Crippen LogP contribution in [-0.4, -0.2) is 91.9 Å². The molecule has 1 saturated heterocycles. The number of nitrogens with two attached hydrogens (primary N) is 1. The average Bonchev–Trinajstić information content (AvgIpc) is 2.96. The number of aromatic nitrogens is 2. The van der Waals surface area contributed by atoms with Gasteiger partial charge in [-0.3, -0.25) is 14.7 Å². The third-order valence-corrected chi connectivity index (χ3v) is 7.44. The number of benzene rings is 2. The topological polar surface area (TPSA) is 145 Å². The molecule has 12 heteroatoms. The Bertz CT molecular complexity index is 1570. The summed E-state index contributed by atoms with van der Waals surface area (Å²) in [4.78, 5) is 43.9. The van der Waals surface area contributed by atoms with Crippen molar-refractivity contribution >= 4 is 40.5 Å². The highest BCUT2D eigenvalue weighted by Gasteiger charge is 2.36. The van der Waals surface area contributed by atoms with Gasteiger partial charge in [0.1, 0.15) is 17.0 Å². The minimum atomic E-state index is -0.575. The van der Waals surface area contributed by atoms with Gasteiger partial charge in [-0.15, -0.1) is 0 Å². The number of methoxy groups -OCH3 is 1. The zero-order chi connectivity index (χ0) is 32.3. The van der Waals surface area contributed by atoms with E-state index in [0.29, 0.717) is 57.9 Å². The molecular weight excluding hydrogens is 562 g/mol. The summed E-state index contributed by atoms with van der Waals surface area (Å²) < 4.78 is 16.7. The molecule has 0 saturated carbocycles. The lowest BCUT2D eigenvalue weighted by Crippen LogP contribution is -2.59. The first-order valence-corrected chi connectivity index (χ1v) is 14.6. The predicted octanol–water partition coefficient (Wildman–Crippen LogP) is 4.41. The number of nitrogens with zero attached hydrogens (tertiary/aromatic N) is 5. The number of ether oxygens (including phenoxy) is 3. The fraction of sp³-hybridized carbons (Fsp3) is 0.469. The van der Waals surface area contributed by atoms with Gasteiger partial charge >= 0.3 is 6.09 Å². The maximum Gasteiger partial charge on any atom is 0.410 e. The predicted molar refractivity (Wildman–Crippen MR) is 173 cm³/mol. The van der Waals surface area contributed by atoms with Gasteiger partial charge in [-0.2, -0.15) is 0 Å². The Morgan fingerprint density at radius 3 is 2.43 bits per heavy atom. The van der Waals surface area contributed by atoms with Crippen LogP contribution in [0.25, 0.3) is 22.3 Å². The summed E-state index contributed by atoms with van der Waals surface area (Å²) in [6, 6.07) is 7.39. The number of aliphatic imine (C=N–C) groups is 1. The van der Waals surface area contributed by atoms with Crippen LogP contribution in [0.4, 0.5) is 16.2 Å². The quantitative estimate of drug-likeness (QED) is 0.227. The van der Waals surface area contributed by atoms with Crippen molar-refractivity contribution in [3.05, 3.63) is 41.1 Å². The SMILES string of the molecule is CN=Cc1cc(-c2nc(C(=O)NC)c3cc(N4C[C@H](C)N(C(=O)OC(C)(C)C)[C@@H](C)C4)ccc3n2)c(OCOC)c(C)c1N. The summed E-state index contributed by atoms with van der Waals surface area (Å²) in [5, 5.41) is 3.31. The molecule has 1 fully saturated rings. The second-order valence-corrected chi connectivity index (χ2v) is 12.0. The Morgan fingerprint density at radius 1 is 1.16 bits per heavy atom. The zero-order valence-electron chi connectivity index (χ0n) is 27.0. The standard InChI is InChI=1S/C32H43N7O5/c1-18-15-38(16-19(2)39(18)31(41)44-32(4,5)6)22-10-11-25-23(13-22)27(30(40)35-8)37-29(36-25)24-12-21(14-34-7)26(33)20(3)28(24)43-17-42-9/h10-14,18-19H,15-17,33H2,1-9H3,(H,35,40)/t18-,19-/m0/s1. The maximum atomic E-state index is 13.2. The molecule has 0 radical (unpaired) electrons. The fourth-order valence-corrected chi connectivity index (χ4v) is 5.49. The van der Waals surface area contributed by atoms with E-state index in [1.54, 1.807) is 31.3 Å². The summed E-state index contributed by atoms with van der Waals surface area (Å²) >= 11 is 0. The third-order valence-electron chi connectivity index (χ3n) is 7.44. The summed E-state index contributed by atoms with van der Waals surface area (Å²) in [7, 11) is 4.76. The van der Waals surface area contributed by atoms with Crippen LogP contribution >= 0.6 is 0 Å². The van der Waals surface area contributed by atoms with E-state index < -0.39 is 5.60 Å². The van der Waals surface area contributed by atoms with Gasteiger partial charge in [0.25, 0.3) is 5.91 Å². The highest BCUT2D eigenvalue weighted by Crippen LogP contribution is 2.38. The largest absolute Gasteiger partial charge is 0.466 e. The Labute approximate surface area is 258 Å². The molecule has 2 heterocycles. The van der Waals surface area contributed by atoms with Gasteiger partial charge < -0.3 is 30.2 Å². The van der Waals surface area contributed by atoms with E-state index >= 15 is 0 Å². The molecule has 4 rings (SSSR count). The minimum absolute atomic E-state index is 0.00816. The number of anilines is 2. The van der Waals surface area contributed by atoms with Crippen molar-refractivity contribution in [1.29, 1.82) is 0 Å². The summed E-state index contributed by atoms with van der Waals surface area (Å²) in [5.74, 6) is 0.411. The van der Waals surface area contributed by atoms with Crippen LogP contribution in [-0.2, 0) is 9.47 Å². The number of nitrogens with one attached hydrogen (secondary N) is 1. The van der Waals surface area contributed by atoms with Gasteiger partial charge in [0.2, 0.25) is 0 Å². The van der Waals surface area contributed by atoms with Crippen molar-refractivity contribution in [2.45, 2.75) is 59.2 Å². The maximum absolute atomic E-state index is 13.2. The molecule has 44 heavy (non-hydrogen) atoms. The molecule has 12 nitrogen and oxygen atoms in total. The van der Waals surface area contributed by atoms with E-state index in [2.05, 4.69) is 15.2 Å². The summed E-state index contributed by atoms with van der Waals surface area (Å²) in [5.41, 5.74) is 9.95. The number of carbonyl (C=O) groups excluding carboxylic acids is 2. The van der Waals surface area contributed by atoms with E-state index in [1.165, 1.54) is 7.11 Å². The average molecular weight is 606 g/mol. The Hall–Kier alpha value is -4.45. The molecule has 236 valence electrons. The van der Waals surface area contributed by atoms with Gasteiger partial charge in [0.15, 0.2) is 12.6 Å². The van der Waals surface area contributed by atoms with Crippen molar-refractivity contribution in [2.75, 3.05) is 51.7 Å². The number of rotatable bonds is 7. The van der Waals surface area contributed by atoms with Crippen LogP contribution in [0.15, 0.2) is 29.3 Å². The first-order valence-electron chi connectivity index (χ1n) is 14.6. The van der Waals surface area contributed by atoms with Crippen molar-refractivity contribution in [1.82, 2.24) is 20.2 Å². The Balaban J connectivity index is 1.79. The zero-order valence-corrected chi connectivity index (χ0v) is 27.0. The van der Waals surface area contributed by atoms with E-state index in [0.717, 1.165) is 5.69 Å². The molecule has 0 spiro atoms. The highest BCUT2D eigenvalue weighted by atomic mass is 16.7. The molecule has 1 aliphatic rings. The molecule has 2 amide bonds. The second kappa shape index (κ2) is 13.0. The van der Waals surface area contributed by atoms with Gasteiger partial charge in [0, 0.05) is 68.4 Å². The second-order valence-electron chi connectivity index (χ2n) is 12.0.